The smallest absolute Gasteiger partial charge is 0.164 e. The van der Waals surface area contributed by atoms with E-state index in [9.17, 15) is 4.79 Å². The molecule has 1 aromatic heterocycles. The minimum Gasteiger partial charge on any atom is -0.354 e. The zero-order valence-corrected chi connectivity index (χ0v) is 16.0. The average Bonchev–Trinajstić information content (AvgIpc) is 3.25. The molecule has 3 aromatic carbocycles. The Balaban J connectivity index is 1.71. The van der Waals surface area contributed by atoms with Gasteiger partial charge in [0, 0.05) is 34.0 Å². The molecule has 0 unspecified atom stereocenters. The standard InChI is InChI=1S/C26H23NO/c1-2-26(17-24(28)20-13-6-8-14-22(20)26)16-21-19-12-7-9-15-23(19)27-25(21)18-10-4-3-5-11-18/h3-15,27H,2,16-17H2,1H3/t26-/m0/s1. The van der Waals surface area contributed by atoms with Gasteiger partial charge in [0.05, 0.1) is 0 Å². The third-order valence-electron chi connectivity index (χ3n) is 6.37. The topological polar surface area (TPSA) is 32.9 Å². The molecule has 1 aliphatic rings. The van der Waals surface area contributed by atoms with E-state index in [0.29, 0.717) is 6.42 Å². The molecule has 0 fully saturated rings. The molecule has 0 radical (unpaired) electrons. The van der Waals surface area contributed by atoms with E-state index in [0.717, 1.165) is 23.9 Å². The molecule has 2 heteroatoms. The number of hydrogen-bond acceptors (Lipinski definition) is 1. The number of nitrogens with one attached hydrogen (secondary N) is 1. The molecule has 1 aliphatic carbocycles. The number of para-hydroxylation sites is 1. The van der Waals surface area contributed by atoms with Crippen LogP contribution in [0.25, 0.3) is 22.2 Å². The first-order chi connectivity index (χ1) is 13.7. The van der Waals surface area contributed by atoms with Crippen LogP contribution in [0.5, 0.6) is 0 Å². The van der Waals surface area contributed by atoms with Gasteiger partial charge in [0.25, 0.3) is 0 Å². The van der Waals surface area contributed by atoms with Gasteiger partial charge in [-0.3, -0.25) is 4.79 Å². The van der Waals surface area contributed by atoms with Crippen LogP contribution in [0.4, 0.5) is 0 Å². The maximum atomic E-state index is 12.8. The number of H-pyrrole nitrogens is 1. The summed E-state index contributed by atoms with van der Waals surface area (Å²) in [6.45, 7) is 2.21. The van der Waals surface area contributed by atoms with Gasteiger partial charge in [-0.1, -0.05) is 79.7 Å². The summed E-state index contributed by atoms with van der Waals surface area (Å²) < 4.78 is 0. The summed E-state index contributed by atoms with van der Waals surface area (Å²) in [4.78, 5) is 16.4. The number of fused-ring (bicyclic) bond motifs is 2. The highest BCUT2D eigenvalue weighted by atomic mass is 16.1. The fourth-order valence-corrected chi connectivity index (χ4v) is 4.86. The molecule has 4 aromatic rings. The largest absolute Gasteiger partial charge is 0.354 e. The highest BCUT2D eigenvalue weighted by Gasteiger charge is 2.42. The van der Waals surface area contributed by atoms with Gasteiger partial charge in [0.1, 0.15) is 0 Å². The quantitative estimate of drug-likeness (QED) is 0.451. The number of carbonyl (C=O) groups excluding carboxylic acids is 1. The Bertz CT molecular complexity index is 1170. The second-order valence-electron chi connectivity index (χ2n) is 7.85. The van der Waals surface area contributed by atoms with Crippen molar-refractivity contribution in [3.8, 4) is 11.3 Å². The number of carbonyl (C=O) groups is 1. The van der Waals surface area contributed by atoms with Crippen LogP contribution < -0.4 is 0 Å². The molecular weight excluding hydrogens is 342 g/mol. The number of ketones is 1. The van der Waals surface area contributed by atoms with Gasteiger partial charge in [0.2, 0.25) is 0 Å². The first kappa shape index (κ1) is 17.0. The minimum absolute atomic E-state index is 0.137. The van der Waals surface area contributed by atoms with Gasteiger partial charge in [0.15, 0.2) is 5.78 Å². The number of Topliss-reactive ketones (excluding diaryl/α,β-unsaturated/α-hetero) is 1. The highest BCUT2D eigenvalue weighted by Crippen LogP contribution is 2.46. The van der Waals surface area contributed by atoms with E-state index in [4.69, 9.17) is 0 Å². The Hall–Kier alpha value is -3.13. The molecule has 0 saturated heterocycles. The van der Waals surface area contributed by atoms with E-state index in [-0.39, 0.29) is 11.2 Å². The second-order valence-corrected chi connectivity index (χ2v) is 7.85. The molecule has 0 aliphatic heterocycles. The van der Waals surface area contributed by atoms with Crippen molar-refractivity contribution >= 4 is 16.7 Å². The monoisotopic (exact) mass is 365 g/mol. The van der Waals surface area contributed by atoms with Crippen LogP contribution in [0, 0.1) is 0 Å². The van der Waals surface area contributed by atoms with Crippen molar-refractivity contribution in [3.05, 3.63) is 95.6 Å². The molecule has 2 nitrogen and oxygen atoms in total. The fraction of sp³-hybridized carbons (Fsp3) is 0.192. The van der Waals surface area contributed by atoms with E-state index in [1.807, 2.05) is 18.2 Å². The van der Waals surface area contributed by atoms with Gasteiger partial charge in [-0.2, -0.15) is 0 Å². The maximum absolute atomic E-state index is 12.8. The van der Waals surface area contributed by atoms with Crippen LogP contribution >= 0.6 is 0 Å². The summed E-state index contributed by atoms with van der Waals surface area (Å²) >= 11 is 0. The van der Waals surface area contributed by atoms with Crippen molar-refractivity contribution in [2.75, 3.05) is 0 Å². The van der Waals surface area contributed by atoms with E-state index in [1.54, 1.807) is 0 Å². The van der Waals surface area contributed by atoms with Gasteiger partial charge in [-0.05, 0) is 35.6 Å². The summed E-state index contributed by atoms with van der Waals surface area (Å²) in [5, 5.41) is 1.26. The number of benzene rings is 3. The Labute approximate surface area is 165 Å². The predicted molar refractivity (Wildman–Crippen MR) is 115 cm³/mol. The minimum atomic E-state index is -0.137. The molecule has 138 valence electrons. The van der Waals surface area contributed by atoms with Crippen LogP contribution in [0.2, 0.25) is 0 Å². The van der Waals surface area contributed by atoms with Crippen molar-refractivity contribution in [1.29, 1.82) is 0 Å². The molecule has 5 rings (SSSR count). The van der Waals surface area contributed by atoms with E-state index < -0.39 is 0 Å². The lowest BCUT2D eigenvalue weighted by atomic mass is 9.74. The zero-order valence-electron chi connectivity index (χ0n) is 16.0. The van der Waals surface area contributed by atoms with E-state index >= 15 is 0 Å². The molecule has 0 saturated carbocycles. The third-order valence-corrected chi connectivity index (χ3v) is 6.37. The lowest BCUT2D eigenvalue weighted by Crippen LogP contribution is -2.26. The Morgan fingerprint density at radius 2 is 1.61 bits per heavy atom. The number of aromatic amines is 1. The van der Waals surface area contributed by atoms with Gasteiger partial charge < -0.3 is 4.98 Å². The average molecular weight is 365 g/mol. The molecule has 1 heterocycles. The van der Waals surface area contributed by atoms with Crippen molar-refractivity contribution < 1.29 is 4.79 Å². The lowest BCUT2D eigenvalue weighted by molar-refractivity contribution is 0.0972. The molecule has 28 heavy (non-hydrogen) atoms. The summed E-state index contributed by atoms with van der Waals surface area (Å²) in [6, 6.07) is 27.2. The third kappa shape index (κ3) is 2.52. The lowest BCUT2D eigenvalue weighted by Gasteiger charge is -2.29. The molecule has 0 spiro atoms. The molecule has 0 amide bonds. The van der Waals surface area contributed by atoms with Gasteiger partial charge in [-0.15, -0.1) is 0 Å². The Morgan fingerprint density at radius 3 is 2.43 bits per heavy atom. The van der Waals surface area contributed by atoms with Crippen LogP contribution in [0.3, 0.4) is 0 Å². The van der Waals surface area contributed by atoms with E-state index in [1.165, 1.54) is 27.8 Å². The number of rotatable bonds is 4. The Kier molecular flexibility index (Phi) is 3.94. The molecule has 1 atom stereocenters. The van der Waals surface area contributed by atoms with Crippen molar-refractivity contribution in [3.63, 3.8) is 0 Å². The SMILES string of the molecule is CC[C@]1(Cc2c(-c3ccccc3)[nH]c3ccccc23)CC(=O)c2ccccc21. The van der Waals surface area contributed by atoms with Crippen molar-refractivity contribution in [2.24, 2.45) is 0 Å². The molecule has 0 bridgehead atoms. The first-order valence-corrected chi connectivity index (χ1v) is 9.99. The number of aromatic nitrogens is 1. The van der Waals surface area contributed by atoms with Crippen LogP contribution in [-0.2, 0) is 11.8 Å². The van der Waals surface area contributed by atoms with Crippen LogP contribution in [0.1, 0.15) is 41.3 Å². The van der Waals surface area contributed by atoms with Crippen molar-refractivity contribution in [2.45, 2.75) is 31.6 Å². The van der Waals surface area contributed by atoms with Gasteiger partial charge >= 0.3 is 0 Å². The summed E-state index contributed by atoms with van der Waals surface area (Å²) in [6.07, 6.45) is 2.40. The Morgan fingerprint density at radius 1 is 0.893 bits per heavy atom. The zero-order chi connectivity index (χ0) is 19.1. The van der Waals surface area contributed by atoms with Crippen LogP contribution in [-0.4, -0.2) is 10.8 Å². The van der Waals surface area contributed by atoms with Crippen LogP contribution in [0.15, 0.2) is 78.9 Å². The second kappa shape index (κ2) is 6.49. The fourth-order valence-electron chi connectivity index (χ4n) is 4.86. The normalized spacial score (nSPS) is 18.5. The van der Waals surface area contributed by atoms with Crippen molar-refractivity contribution in [1.82, 2.24) is 4.98 Å². The first-order valence-electron chi connectivity index (χ1n) is 9.99. The predicted octanol–water partition coefficient (Wildman–Crippen LogP) is 6.31. The maximum Gasteiger partial charge on any atom is 0.164 e. The summed E-state index contributed by atoms with van der Waals surface area (Å²) in [5.74, 6) is 0.276. The van der Waals surface area contributed by atoms with Gasteiger partial charge in [-0.25, -0.2) is 0 Å². The number of hydrogen-bond donors (Lipinski definition) is 1. The molecule has 1 N–H and O–H groups in total. The highest BCUT2D eigenvalue weighted by molar-refractivity contribution is 6.02. The van der Waals surface area contributed by atoms with E-state index in [2.05, 4.69) is 72.6 Å². The molecular formula is C26H23NO. The summed E-state index contributed by atoms with van der Waals surface area (Å²) in [5.41, 5.74) is 6.82. The summed E-state index contributed by atoms with van der Waals surface area (Å²) in [7, 11) is 0.